The van der Waals surface area contributed by atoms with Gasteiger partial charge in [-0.05, 0) is 31.4 Å². The maximum Gasteiger partial charge on any atom is 0.418 e. The van der Waals surface area contributed by atoms with Crippen molar-refractivity contribution in [3.63, 3.8) is 0 Å². The van der Waals surface area contributed by atoms with Crippen molar-refractivity contribution in [1.29, 1.82) is 0 Å². The lowest BCUT2D eigenvalue weighted by Gasteiger charge is -2.16. The molecule has 0 unspecified atom stereocenters. The Morgan fingerprint density at radius 1 is 1.27 bits per heavy atom. The fraction of sp³-hybridized carbons (Fsp3) is 0.389. The van der Waals surface area contributed by atoms with Crippen LogP contribution >= 0.6 is 0 Å². The molecule has 2 aromatic rings. The third-order valence-electron chi connectivity index (χ3n) is 3.77. The van der Waals surface area contributed by atoms with Crippen LogP contribution < -0.4 is 10.7 Å². The predicted octanol–water partition coefficient (Wildman–Crippen LogP) is 3.34. The lowest BCUT2D eigenvalue weighted by molar-refractivity contribution is -0.137. The van der Waals surface area contributed by atoms with Crippen LogP contribution in [0.4, 0.5) is 13.2 Å². The Balaban J connectivity index is 2.47. The molecule has 0 aliphatic carbocycles. The van der Waals surface area contributed by atoms with E-state index in [0.29, 0.717) is 18.9 Å². The monoisotopic (exact) mass is 367 g/mol. The first-order chi connectivity index (χ1) is 12.1. The second-order valence-corrected chi connectivity index (χ2v) is 6.36. The molecule has 5 nitrogen and oxygen atoms in total. The fourth-order valence-corrected chi connectivity index (χ4v) is 2.40. The quantitative estimate of drug-likeness (QED) is 0.882. The summed E-state index contributed by atoms with van der Waals surface area (Å²) in [5, 5.41) is 6.48. The van der Waals surface area contributed by atoms with E-state index in [2.05, 4.69) is 10.4 Å². The van der Waals surface area contributed by atoms with Crippen molar-refractivity contribution in [3.8, 4) is 5.69 Å². The molecule has 0 saturated heterocycles. The lowest BCUT2D eigenvalue weighted by atomic mass is 10.1. The number of alkyl halides is 3. The van der Waals surface area contributed by atoms with E-state index in [0.717, 1.165) is 16.8 Å². The summed E-state index contributed by atoms with van der Waals surface area (Å²) < 4.78 is 40.8. The van der Waals surface area contributed by atoms with E-state index in [1.807, 2.05) is 13.8 Å². The number of benzene rings is 1. The van der Waals surface area contributed by atoms with Crippen LogP contribution in [0.3, 0.4) is 0 Å². The normalized spacial score (nSPS) is 11.7. The number of amides is 1. The molecule has 26 heavy (non-hydrogen) atoms. The summed E-state index contributed by atoms with van der Waals surface area (Å²) in [4.78, 5) is 24.3. The molecule has 0 bridgehead atoms. The number of hydrogen-bond acceptors (Lipinski definition) is 3. The van der Waals surface area contributed by atoms with Gasteiger partial charge in [-0.25, -0.2) is 4.68 Å². The molecule has 0 spiro atoms. The molecule has 0 aliphatic heterocycles. The molecule has 1 amide bonds. The lowest BCUT2D eigenvalue weighted by Crippen LogP contribution is -2.33. The fourth-order valence-electron chi connectivity index (χ4n) is 2.40. The standard InChI is InChI=1S/C18H20F3N3O2/c1-11(2)8-9-22-17(26)16-15(25)10-12(3)24(23-16)14-7-5-4-6-13(14)18(19,20)21/h4-7,10-11H,8-9H2,1-3H3,(H,22,26). The van der Waals surface area contributed by atoms with Crippen molar-refractivity contribution >= 4 is 5.91 Å². The van der Waals surface area contributed by atoms with Gasteiger partial charge in [-0.15, -0.1) is 0 Å². The Hall–Kier alpha value is -2.64. The largest absolute Gasteiger partial charge is 0.418 e. The third-order valence-corrected chi connectivity index (χ3v) is 3.77. The maximum atomic E-state index is 13.3. The zero-order valence-corrected chi connectivity index (χ0v) is 14.7. The highest BCUT2D eigenvalue weighted by Crippen LogP contribution is 2.33. The minimum absolute atomic E-state index is 0.199. The van der Waals surface area contributed by atoms with Gasteiger partial charge in [-0.3, -0.25) is 9.59 Å². The van der Waals surface area contributed by atoms with Gasteiger partial charge >= 0.3 is 6.18 Å². The molecule has 0 aliphatic rings. The molecule has 0 saturated carbocycles. The number of nitrogens with zero attached hydrogens (tertiary/aromatic N) is 2. The van der Waals surface area contributed by atoms with Gasteiger partial charge < -0.3 is 5.32 Å². The minimum atomic E-state index is -4.59. The van der Waals surface area contributed by atoms with E-state index in [1.54, 1.807) is 0 Å². The number of halogens is 3. The summed E-state index contributed by atoms with van der Waals surface area (Å²) in [7, 11) is 0. The minimum Gasteiger partial charge on any atom is -0.351 e. The van der Waals surface area contributed by atoms with Crippen LogP contribution in [0.5, 0.6) is 0 Å². The van der Waals surface area contributed by atoms with Gasteiger partial charge in [-0.1, -0.05) is 26.0 Å². The first kappa shape index (κ1) is 19.7. The molecule has 0 radical (unpaired) electrons. The zero-order chi connectivity index (χ0) is 19.5. The number of carbonyl (C=O) groups excluding carboxylic acids is 1. The number of rotatable bonds is 5. The van der Waals surface area contributed by atoms with Gasteiger partial charge in [0.15, 0.2) is 5.69 Å². The van der Waals surface area contributed by atoms with E-state index >= 15 is 0 Å². The van der Waals surface area contributed by atoms with Crippen LogP contribution in [-0.2, 0) is 6.18 Å². The molecule has 1 heterocycles. The van der Waals surface area contributed by atoms with Crippen LogP contribution in [-0.4, -0.2) is 22.2 Å². The average Bonchev–Trinajstić information content (AvgIpc) is 2.53. The van der Waals surface area contributed by atoms with E-state index < -0.39 is 28.8 Å². The molecule has 2 rings (SSSR count). The highest BCUT2D eigenvalue weighted by molar-refractivity contribution is 5.92. The van der Waals surface area contributed by atoms with Gasteiger partial charge in [0.25, 0.3) is 5.91 Å². The van der Waals surface area contributed by atoms with Gasteiger partial charge in [0.2, 0.25) is 5.43 Å². The summed E-state index contributed by atoms with van der Waals surface area (Å²) in [6.07, 6.45) is -3.88. The summed E-state index contributed by atoms with van der Waals surface area (Å²) >= 11 is 0. The van der Waals surface area contributed by atoms with E-state index in [1.165, 1.54) is 25.1 Å². The molecular formula is C18H20F3N3O2. The summed E-state index contributed by atoms with van der Waals surface area (Å²) in [5.74, 6) is -0.342. The zero-order valence-electron chi connectivity index (χ0n) is 14.7. The second-order valence-electron chi connectivity index (χ2n) is 6.36. The SMILES string of the molecule is Cc1cc(=O)c(C(=O)NCCC(C)C)nn1-c1ccccc1C(F)(F)F. The van der Waals surface area contributed by atoms with Crippen molar-refractivity contribution in [3.05, 3.63) is 57.5 Å². The molecular weight excluding hydrogens is 347 g/mol. The number of aromatic nitrogens is 2. The Kier molecular flexibility index (Phi) is 5.84. The maximum absolute atomic E-state index is 13.3. The molecule has 1 N–H and O–H groups in total. The van der Waals surface area contributed by atoms with Crippen molar-refractivity contribution in [2.24, 2.45) is 5.92 Å². The highest BCUT2D eigenvalue weighted by atomic mass is 19.4. The van der Waals surface area contributed by atoms with Gasteiger partial charge in [0, 0.05) is 18.3 Å². The Bertz CT molecular complexity index is 857. The topological polar surface area (TPSA) is 64.0 Å². The van der Waals surface area contributed by atoms with Crippen LogP contribution in [0.2, 0.25) is 0 Å². The Morgan fingerprint density at radius 3 is 2.54 bits per heavy atom. The number of nitrogens with one attached hydrogen (secondary N) is 1. The smallest absolute Gasteiger partial charge is 0.351 e. The second kappa shape index (κ2) is 7.72. The first-order valence-corrected chi connectivity index (χ1v) is 8.17. The van der Waals surface area contributed by atoms with Gasteiger partial charge in [-0.2, -0.15) is 18.3 Å². The van der Waals surface area contributed by atoms with Gasteiger partial charge in [0.1, 0.15) is 0 Å². The average molecular weight is 367 g/mol. The van der Waals surface area contributed by atoms with E-state index in [9.17, 15) is 22.8 Å². The van der Waals surface area contributed by atoms with Crippen LogP contribution in [0.1, 0.15) is 42.0 Å². The van der Waals surface area contributed by atoms with Crippen molar-refractivity contribution in [2.75, 3.05) is 6.54 Å². The number of para-hydroxylation sites is 1. The third kappa shape index (κ3) is 4.50. The van der Waals surface area contributed by atoms with Gasteiger partial charge in [0.05, 0.1) is 11.3 Å². The molecule has 1 aromatic carbocycles. The summed E-state index contributed by atoms with van der Waals surface area (Å²) in [6, 6.07) is 5.98. The van der Waals surface area contributed by atoms with Crippen LogP contribution in [0.25, 0.3) is 5.69 Å². The van der Waals surface area contributed by atoms with Crippen molar-refractivity contribution in [1.82, 2.24) is 15.1 Å². The summed E-state index contributed by atoms with van der Waals surface area (Å²) in [5.41, 5.74) is -2.01. The highest BCUT2D eigenvalue weighted by Gasteiger charge is 2.34. The molecule has 140 valence electrons. The van der Waals surface area contributed by atoms with E-state index in [4.69, 9.17) is 0 Å². The van der Waals surface area contributed by atoms with Crippen LogP contribution in [0, 0.1) is 12.8 Å². The van der Waals surface area contributed by atoms with Crippen molar-refractivity contribution in [2.45, 2.75) is 33.4 Å². The van der Waals surface area contributed by atoms with Crippen LogP contribution in [0.15, 0.2) is 35.1 Å². The van der Waals surface area contributed by atoms with E-state index in [-0.39, 0.29) is 11.4 Å². The number of carbonyl (C=O) groups is 1. The van der Waals surface area contributed by atoms with Crippen molar-refractivity contribution < 1.29 is 18.0 Å². The summed E-state index contributed by atoms with van der Waals surface area (Å²) in [6.45, 7) is 5.78. The Morgan fingerprint density at radius 2 is 1.92 bits per heavy atom. The molecule has 0 atom stereocenters. The number of aryl methyl sites for hydroxylation is 1. The first-order valence-electron chi connectivity index (χ1n) is 8.17. The predicted molar refractivity (Wildman–Crippen MR) is 91.4 cm³/mol. The number of hydrogen-bond donors (Lipinski definition) is 1. The molecule has 0 fully saturated rings. The molecule has 1 aromatic heterocycles. The Labute approximate surface area is 148 Å². The molecule has 8 heteroatoms.